The first kappa shape index (κ1) is 24.3. The zero-order valence-corrected chi connectivity index (χ0v) is 19.5. The summed E-state index contributed by atoms with van der Waals surface area (Å²) < 4.78 is 34.8. The maximum atomic E-state index is 13.3. The summed E-state index contributed by atoms with van der Waals surface area (Å²) in [4.78, 5) is 25.0. The van der Waals surface area contributed by atoms with Crippen molar-refractivity contribution in [1.82, 2.24) is 4.90 Å². The van der Waals surface area contributed by atoms with Gasteiger partial charge in [0.1, 0.15) is 12.8 Å². The Morgan fingerprint density at radius 2 is 1.32 bits per heavy atom. The second-order valence-electron chi connectivity index (χ2n) is 7.36. The van der Waals surface area contributed by atoms with Gasteiger partial charge >= 0.3 is 19.7 Å². The number of carbonyl (C=O) groups is 2. The molecule has 0 bridgehead atoms. The highest BCUT2D eigenvalue weighted by Gasteiger charge is 2.40. The van der Waals surface area contributed by atoms with E-state index in [1.54, 1.807) is 13.8 Å². The first-order valence-corrected chi connectivity index (χ1v) is 16.8. The molecule has 0 N–H and O–H groups in total. The van der Waals surface area contributed by atoms with Gasteiger partial charge in [0.25, 0.3) is 0 Å². The summed E-state index contributed by atoms with van der Waals surface area (Å²) in [5.41, 5.74) is 0. The Morgan fingerprint density at radius 3 is 1.68 bits per heavy atom. The summed E-state index contributed by atoms with van der Waals surface area (Å²) in [5.74, 6) is -0.608. The van der Waals surface area contributed by atoms with Crippen LogP contribution in [0.2, 0.25) is 39.3 Å². The van der Waals surface area contributed by atoms with Crippen LogP contribution in [0.5, 0.6) is 0 Å². The van der Waals surface area contributed by atoms with Gasteiger partial charge in [-0.1, -0.05) is 0 Å². The van der Waals surface area contributed by atoms with E-state index < -0.39 is 36.3 Å². The van der Waals surface area contributed by atoms with Crippen LogP contribution in [0, 0.1) is 0 Å². The van der Waals surface area contributed by atoms with E-state index in [4.69, 9.17) is 17.9 Å². The van der Waals surface area contributed by atoms with Crippen molar-refractivity contribution in [3.63, 3.8) is 0 Å². The number of hydrogen-bond acceptors (Lipinski definition) is 7. The zero-order chi connectivity index (χ0) is 19.9. The van der Waals surface area contributed by atoms with Crippen LogP contribution < -0.4 is 0 Å². The topological polar surface area (TPSA) is 91.4 Å². The van der Waals surface area contributed by atoms with Crippen molar-refractivity contribution < 1.29 is 32.1 Å². The summed E-state index contributed by atoms with van der Waals surface area (Å²) >= 11 is 0. The van der Waals surface area contributed by atoms with Crippen molar-refractivity contribution in [3.8, 4) is 0 Å². The number of amides is 1. The molecule has 25 heavy (non-hydrogen) atoms. The third kappa shape index (κ3) is 11.5. The average Bonchev–Trinajstić information content (AvgIpc) is 2.33. The molecule has 0 radical (unpaired) electrons. The van der Waals surface area contributed by atoms with Gasteiger partial charge in [0.05, 0.1) is 13.2 Å². The van der Waals surface area contributed by atoms with Gasteiger partial charge in [0.15, 0.2) is 16.6 Å². The van der Waals surface area contributed by atoms with Gasteiger partial charge < -0.3 is 17.9 Å². The lowest BCUT2D eigenvalue weighted by molar-refractivity contribution is -0.143. The van der Waals surface area contributed by atoms with Crippen molar-refractivity contribution >= 4 is 36.3 Å². The molecule has 0 aromatic heterocycles. The van der Waals surface area contributed by atoms with E-state index in [0.29, 0.717) is 0 Å². The Balaban J connectivity index is 5.51. The predicted molar refractivity (Wildman–Crippen MR) is 102 cm³/mol. The maximum Gasteiger partial charge on any atom is 0.410 e. The minimum Gasteiger partial charge on any atom is -0.465 e. The lowest BCUT2D eigenvalue weighted by Gasteiger charge is -2.33. The molecule has 0 saturated carbocycles. The third-order valence-corrected chi connectivity index (χ3v) is 9.62. The summed E-state index contributed by atoms with van der Waals surface area (Å²) in [6.45, 7) is 14.6. The molecule has 0 heterocycles. The summed E-state index contributed by atoms with van der Waals surface area (Å²) in [5, 5.41) is 0. The van der Waals surface area contributed by atoms with Crippen LogP contribution >= 0.6 is 7.60 Å². The Morgan fingerprint density at radius 1 is 0.880 bits per heavy atom. The molecule has 0 spiro atoms. The van der Waals surface area contributed by atoms with Crippen LogP contribution in [0.25, 0.3) is 0 Å². The van der Waals surface area contributed by atoms with Crippen molar-refractivity contribution in [1.29, 1.82) is 0 Å². The zero-order valence-electron chi connectivity index (χ0n) is 16.6. The summed E-state index contributed by atoms with van der Waals surface area (Å²) in [7, 11) is -8.09. The number of nitrogens with zero attached hydrogens (tertiary/aromatic N) is 1. The second kappa shape index (κ2) is 9.87. The van der Waals surface area contributed by atoms with Crippen LogP contribution in [-0.4, -0.2) is 59.6 Å². The predicted octanol–water partition coefficient (Wildman–Crippen LogP) is 3.86. The molecule has 0 fully saturated rings. The fourth-order valence-electron chi connectivity index (χ4n) is 1.87. The minimum absolute atomic E-state index is 0.131. The van der Waals surface area contributed by atoms with Crippen molar-refractivity contribution in [2.45, 2.75) is 53.1 Å². The van der Waals surface area contributed by atoms with E-state index in [0.717, 1.165) is 4.90 Å². The first-order valence-electron chi connectivity index (χ1n) is 8.29. The number of carbonyl (C=O) groups excluding carboxylic acids is 2. The van der Waals surface area contributed by atoms with Crippen LogP contribution in [0.15, 0.2) is 0 Å². The van der Waals surface area contributed by atoms with Gasteiger partial charge in [0.2, 0.25) is 0 Å². The van der Waals surface area contributed by atoms with Crippen LogP contribution in [0.4, 0.5) is 4.79 Å². The molecular weight excluding hydrogens is 381 g/mol. The van der Waals surface area contributed by atoms with Crippen molar-refractivity contribution in [2.75, 3.05) is 26.0 Å². The molecule has 1 amide bonds. The number of esters is 1. The van der Waals surface area contributed by atoms with Gasteiger partial charge in [-0.2, -0.15) is 0 Å². The molecule has 0 saturated heterocycles. The highest BCUT2D eigenvalue weighted by Crippen LogP contribution is 2.53. The van der Waals surface area contributed by atoms with Crippen molar-refractivity contribution in [3.05, 3.63) is 0 Å². The maximum absolute atomic E-state index is 13.3. The quantitative estimate of drug-likeness (QED) is 0.305. The SMILES string of the molecule is CCOC(=O)CN(CP(=O)(O[Si](C)(C)C)O[Si](C)(C)C)C(=O)OCC. The Kier molecular flexibility index (Phi) is 9.60. The molecule has 0 aliphatic heterocycles. The summed E-state index contributed by atoms with van der Waals surface area (Å²) in [6.07, 6.45) is -1.10. The van der Waals surface area contributed by atoms with Crippen LogP contribution in [0.1, 0.15) is 13.8 Å². The van der Waals surface area contributed by atoms with Crippen molar-refractivity contribution in [2.24, 2.45) is 0 Å². The lowest BCUT2D eigenvalue weighted by Crippen LogP contribution is -2.40. The molecule has 0 aliphatic rings. The average molecular weight is 414 g/mol. The van der Waals surface area contributed by atoms with Gasteiger partial charge in [-0.15, -0.1) is 0 Å². The Labute approximate surface area is 152 Å². The highest BCUT2D eigenvalue weighted by molar-refractivity contribution is 7.57. The largest absolute Gasteiger partial charge is 0.465 e. The normalized spacial score (nSPS) is 12.6. The molecular formula is C14H32NO7PSi2. The van der Waals surface area contributed by atoms with Gasteiger partial charge in [-0.25, -0.2) is 4.79 Å². The first-order chi connectivity index (χ1) is 11.2. The molecule has 0 aromatic carbocycles. The lowest BCUT2D eigenvalue weighted by atomic mass is 10.6. The van der Waals surface area contributed by atoms with Gasteiger partial charge in [-0.3, -0.25) is 14.3 Å². The number of ether oxygens (including phenoxy) is 2. The Hall–Kier alpha value is -0.676. The molecule has 0 aliphatic carbocycles. The van der Waals surface area contributed by atoms with Crippen LogP contribution in [-0.2, 0) is 27.3 Å². The van der Waals surface area contributed by atoms with E-state index in [9.17, 15) is 14.2 Å². The second-order valence-corrected chi connectivity index (χ2v) is 18.8. The van der Waals surface area contributed by atoms with E-state index in [-0.39, 0.29) is 26.0 Å². The number of rotatable bonds is 10. The molecule has 11 heteroatoms. The van der Waals surface area contributed by atoms with Gasteiger partial charge in [0, 0.05) is 0 Å². The van der Waals surface area contributed by atoms with E-state index in [1.165, 1.54) is 0 Å². The fraction of sp³-hybridized carbons (Fsp3) is 0.857. The van der Waals surface area contributed by atoms with E-state index >= 15 is 0 Å². The monoisotopic (exact) mass is 413 g/mol. The fourth-order valence-corrected chi connectivity index (χ4v) is 10.1. The molecule has 0 atom stereocenters. The Bertz CT molecular complexity index is 482. The van der Waals surface area contributed by atoms with Gasteiger partial charge in [-0.05, 0) is 53.1 Å². The summed E-state index contributed by atoms with van der Waals surface area (Å²) in [6, 6.07) is 0. The molecule has 0 aromatic rings. The smallest absolute Gasteiger partial charge is 0.410 e. The highest BCUT2D eigenvalue weighted by atomic mass is 31.2. The molecule has 148 valence electrons. The molecule has 8 nitrogen and oxygen atoms in total. The van der Waals surface area contributed by atoms with E-state index in [1.807, 2.05) is 39.3 Å². The standard InChI is InChI=1S/C14H32NO7PSi2/c1-9-19-13(16)11-15(14(17)20-10-2)12-23(18,21-24(3,4)5)22-25(6,7)8/h9-12H2,1-8H3. The number of hydrogen-bond donors (Lipinski definition) is 0. The minimum atomic E-state index is -3.63. The van der Waals surface area contributed by atoms with E-state index in [2.05, 4.69) is 0 Å². The van der Waals surface area contributed by atoms with Crippen LogP contribution in [0.3, 0.4) is 0 Å². The molecule has 0 rings (SSSR count). The third-order valence-electron chi connectivity index (χ3n) is 2.32. The molecule has 0 unspecified atom stereocenters.